The topological polar surface area (TPSA) is 58.6 Å². The van der Waals surface area contributed by atoms with Crippen LogP contribution >= 0.6 is 35.6 Å². The number of anilines is 1. The van der Waals surface area contributed by atoms with E-state index < -0.39 is 0 Å². The molecule has 0 bridgehead atoms. The summed E-state index contributed by atoms with van der Waals surface area (Å²) in [5.41, 5.74) is 3.66. The van der Waals surface area contributed by atoms with Crippen LogP contribution in [-0.2, 0) is 22.6 Å². The van der Waals surface area contributed by atoms with Gasteiger partial charge in [-0.2, -0.15) is 0 Å². The minimum absolute atomic E-state index is 0.135. The van der Waals surface area contributed by atoms with Crippen molar-refractivity contribution in [3.63, 3.8) is 0 Å². The van der Waals surface area contributed by atoms with Gasteiger partial charge < -0.3 is 10.1 Å². The smallest absolute Gasteiger partial charge is 0.266 e. The van der Waals surface area contributed by atoms with Gasteiger partial charge in [-0.1, -0.05) is 91.0 Å². The van der Waals surface area contributed by atoms with Crippen molar-refractivity contribution in [2.75, 3.05) is 11.9 Å². The number of amides is 2. The van der Waals surface area contributed by atoms with Gasteiger partial charge in [-0.15, -0.1) is 0 Å². The molecule has 1 aliphatic rings. The zero-order valence-electron chi connectivity index (χ0n) is 19.0. The summed E-state index contributed by atoms with van der Waals surface area (Å²) >= 11 is 13.1. The molecule has 2 amide bonds. The predicted octanol–water partition coefficient (Wildman–Crippen LogP) is 6.32. The van der Waals surface area contributed by atoms with Gasteiger partial charge in [0.15, 0.2) is 6.61 Å². The number of rotatable bonds is 8. The highest BCUT2D eigenvalue weighted by atomic mass is 35.5. The SMILES string of the molecule is CCc1ccc(NC(=O)COc2ccc(/C=C3\SC(=S)N(Cc4ccccc4)C3=O)cc2Cl)cc1. The van der Waals surface area contributed by atoms with Crippen LogP contribution in [-0.4, -0.2) is 27.6 Å². The lowest BCUT2D eigenvalue weighted by Gasteiger charge is -2.14. The third-order valence-corrected chi connectivity index (χ3v) is 6.99. The minimum Gasteiger partial charge on any atom is -0.482 e. The van der Waals surface area contributed by atoms with Crippen LogP contribution in [0.2, 0.25) is 5.02 Å². The van der Waals surface area contributed by atoms with E-state index in [4.69, 9.17) is 28.6 Å². The number of nitrogens with zero attached hydrogens (tertiary/aromatic N) is 1. The fourth-order valence-electron chi connectivity index (χ4n) is 3.44. The van der Waals surface area contributed by atoms with Gasteiger partial charge >= 0.3 is 0 Å². The molecule has 1 saturated heterocycles. The van der Waals surface area contributed by atoms with Crippen molar-refractivity contribution in [2.24, 2.45) is 0 Å². The number of ether oxygens (including phenoxy) is 1. The molecule has 3 aromatic rings. The molecule has 178 valence electrons. The molecule has 4 rings (SSSR count). The summed E-state index contributed by atoms with van der Waals surface area (Å²) in [6.45, 7) is 2.33. The van der Waals surface area contributed by atoms with Crippen molar-refractivity contribution in [1.29, 1.82) is 0 Å². The number of hydrogen-bond acceptors (Lipinski definition) is 5. The Morgan fingerprint density at radius 2 is 1.83 bits per heavy atom. The van der Waals surface area contributed by atoms with Gasteiger partial charge in [0.1, 0.15) is 10.1 Å². The lowest BCUT2D eigenvalue weighted by atomic mass is 10.1. The van der Waals surface area contributed by atoms with Crippen molar-refractivity contribution >= 4 is 63.5 Å². The maximum absolute atomic E-state index is 12.9. The molecule has 1 N–H and O–H groups in total. The van der Waals surface area contributed by atoms with E-state index in [1.807, 2.05) is 54.6 Å². The van der Waals surface area contributed by atoms with E-state index in [2.05, 4.69) is 12.2 Å². The Kier molecular flexibility index (Phi) is 8.23. The second-order valence-corrected chi connectivity index (χ2v) is 9.91. The van der Waals surface area contributed by atoms with Crippen molar-refractivity contribution in [2.45, 2.75) is 19.9 Å². The van der Waals surface area contributed by atoms with Gasteiger partial charge in [0.25, 0.3) is 11.8 Å². The molecule has 35 heavy (non-hydrogen) atoms. The van der Waals surface area contributed by atoms with E-state index in [9.17, 15) is 9.59 Å². The molecule has 1 fully saturated rings. The normalized spacial score (nSPS) is 14.5. The average molecular weight is 523 g/mol. The number of thiocarbonyl (C=S) groups is 1. The number of nitrogens with one attached hydrogen (secondary N) is 1. The molecule has 1 heterocycles. The van der Waals surface area contributed by atoms with Crippen LogP contribution in [0.3, 0.4) is 0 Å². The van der Waals surface area contributed by atoms with Crippen LogP contribution in [0.15, 0.2) is 77.7 Å². The van der Waals surface area contributed by atoms with E-state index in [1.54, 1.807) is 29.2 Å². The molecule has 0 radical (unpaired) electrons. The fourth-order valence-corrected chi connectivity index (χ4v) is 4.94. The highest BCUT2D eigenvalue weighted by Gasteiger charge is 2.32. The number of thioether (sulfide) groups is 1. The second-order valence-electron chi connectivity index (χ2n) is 7.83. The first-order chi connectivity index (χ1) is 16.9. The predicted molar refractivity (Wildman–Crippen MR) is 147 cm³/mol. The number of carbonyl (C=O) groups is 2. The molecular formula is C27H23ClN2O3S2. The minimum atomic E-state index is -0.281. The molecule has 0 unspecified atom stereocenters. The highest BCUT2D eigenvalue weighted by molar-refractivity contribution is 8.26. The van der Waals surface area contributed by atoms with Gasteiger partial charge in [0.05, 0.1) is 16.5 Å². The van der Waals surface area contributed by atoms with Crippen LogP contribution in [0.25, 0.3) is 6.08 Å². The Bertz CT molecular complexity index is 1280. The lowest BCUT2D eigenvalue weighted by Crippen LogP contribution is -2.27. The molecule has 0 spiro atoms. The number of hydrogen-bond donors (Lipinski definition) is 1. The maximum Gasteiger partial charge on any atom is 0.266 e. The summed E-state index contributed by atoms with van der Waals surface area (Å²) in [5.74, 6) is -0.0302. The van der Waals surface area contributed by atoms with Crippen LogP contribution in [0.5, 0.6) is 5.75 Å². The number of aryl methyl sites for hydroxylation is 1. The highest BCUT2D eigenvalue weighted by Crippen LogP contribution is 2.35. The Labute approximate surface area is 219 Å². The summed E-state index contributed by atoms with van der Waals surface area (Å²) in [7, 11) is 0. The van der Waals surface area contributed by atoms with Crippen molar-refractivity contribution in [1.82, 2.24) is 4.90 Å². The summed E-state index contributed by atoms with van der Waals surface area (Å²) in [5, 5.41) is 3.15. The second kappa shape index (κ2) is 11.5. The van der Waals surface area contributed by atoms with Gasteiger partial charge in [-0.3, -0.25) is 14.5 Å². The molecule has 8 heteroatoms. The van der Waals surface area contributed by atoms with Gasteiger partial charge in [0, 0.05) is 5.69 Å². The zero-order valence-corrected chi connectivity index (χ0v) is 21.4. The first-order valence-corrected chi connectivity index (χ1v) is 12.6. The Hall–Kier alpha value is -3.13. The first-order valence-electron chi connectivity index (χ1n) is 11.0. The monoisotopic (exact) mass is 522 g/mol. The number of halogens is 1. The third kappa shape index (κ3) is 6.51. The molecule has 5 nitrogen and oxygen atoms in total. The summed E-state index contributed by atoms with van der Waals surface area (Å²) in [6.07, 6.45) is 2.70. The van der Waals surface area contributed by atoms with Crippen LogP contribution in [0.1, 0.15) is 23.6 Å². The largest absolute Gasteiger partial charge is 0.482 e. The molecule has 0 atom stereocenters. The van der Waals surface area contributed by atoms with E-state index in [1.165, 1.54) is 17.3 Å². The average Bonchev–Trinajstić information content (AvgIpc) is 3.12. The molecule has 0 saturated carbocycles. The Morgan fingerprint density at radius 3 is 2.51 bits per heavy atom. The van der Waals surface area contributed by atoms with E-state index >= 15 is 0 Å². The molecule has 0 aromatic heterocycles. The molecule has 1 aliphatic heterocycles. The third-order valence-electron chi connectivity index (χ3n) is 5.32. The fraction of sp³-hybridized carbons (Fsp3) is 0.148. The van der Waals surface area contributed by atoms with Crippen LogP contribution in [0.4, 0.5) is 5.69 Å². The zero-order chi connectivity index (χ0) is 24.8. The number of benzene rings is 3. The molecule has 0 aliphatic carbocycles. The standard InChI is InChI=1S/C27H23ClN2O3S2/c1-2-18-8-11-21(12-9-18)29-25(31)17-33-23-13-10-20(14-22(23)28)15-24-26(32)30(27(34)35-24)16-19-6-4-3-5-7-19/h3-15H,2,16-17H2,1H3,(H,29,31)/b24-15-. The van der Waals surface area contributed by atoms with Crippen molar-refractivity contribution in [3.8, 4) is 5.75 Å². The molecular weight excluding hydrogens is 500 g/mol. The van der Waals surface area contributed by atoms with Crippen molar-refractivity contribution in [3.05, 3.63) is 99.4 Å². The van der Waals surface area contributed by atoms with Gasteiger partial charge in [0.2, 0.25) is 0 Å². The lowest BCUT2D eigenvalue weighted by molar-refractivity contribution is -0.122. The Balaban J connectivity index is 1.36. The maximum atomic E-state index is 12.9. The van der Waals surface area contributed by atoms with Gasteiger partial charge in [-0.25, -0.2) is 0 Å². The van der Waals surface area contributed by atoms with Crippen LogP contribution in [0, 0.1) is 0 Å². The van der Waals surface area contributed by atoms with Gasteiger partial charge in [-0.05, 0) is 53.5 Å². The van der Waals surface area contributed by atoms with E-state index in [0.717, 1.165) is 17.5 Å². The summed E-state index contributed by atoms with van der Waals surface area (Å²) in [4.78, 5) is 27.2. The Morgan fingerprint density at radius 1 is 1.09 bits per heavy atom. The van der Waals surface area contributed by atoms with E-state index in [-0.39, 0.29) is 18.4 Å². The summed E-state index contributed by atoms with van der Waals surface area (Å²) in [6, 6.07) is 22.6. The summed E-state index contributed by atoms with van der Waals surface area (Å²) < 4.78 is 6.12. The number of carbonyl (C=O) groups excluding carboxylic acids is 2. The van der Waals surface area contributed by atoms with Crippen molar-refractivity contribution < 1.29 is 14.3 Å². The molecule has 3 aromatic carbocycles. The quantitative estimate of drug-likeness (QED) is 0.277. The van der Waals surface area contributed by atoms with E-state index in [0.29, 0.717) is 32.2 Å². The van der Waals surface area contributed by atoms with Crippen LogP contribution < -0.4 is 10.1 Å². The first kappa shape index (κ1) is 25.0.